The minimum absolute atomic E-state index is 0.00990. The van der Waals surface area contributed by atoms with Crippen LogP contribution in [0.1, 0.15) is 65.2 Å². The molecule has 0 saturated heterocycles. The Morgan fingerprint density at radius 2 is 1.80 bits per heavy atom. The smallest absolute Gasteiger partial charge is 0.302 e. The summed E-state index contributed by atoms with van der Waals surface area (Å²) in [6, 6.07) is 1.96. The van der Waals surface area contributed by atoms with Crippen molar-refractivity contribution in [3.8, 4) is 0 Å². The molecular weight excluding hydrogens is 384 g/mol. The Balaban J connectivity index is 1.85. The quantitative estimate of drug-likeness (QED) is 0.736. The van der Waals surface area contributed by atoms with Crippen molar-refractivity contribution in [1.29, 1.82) is 0 Å². The molecule has 3 aliphatic rings. The van der Waals surface area contributed by atoms with E-state index >= 15 is 0 Å². The summed E-state index contributed by atoms with van der Waals surface area (Å²) in [6.45, 7) is 13.1. The van der Waals surface area contributed by atoms with Gasteiger partial charge in [0.1, 0.15) is 18.0 Å². The number of allylic oxidation sites excluding steroid dienone is 1. The maximum atomic E-state index is 12.3. The molecule has 4 rings (SSSR count). The first-order valence-electron chi connectivity index (χ1n) is 10.8. The molecule has 0 bridgehead atoms. The third-order valence-corrected chi connectivity index (χ3v) is 8.49. The topological polar surface area (TPSA) is 86.0 Å². The summed E-state index contributed by atoms with van der Waals surface area (Å²) in [5.74, 6) is 0.221. The van der Waals surface area contributed by atoms with E-state index in [0.29, 0.717) is 19.3 Å². The zero-order valence-electron chi connectivity index (χ0n) is 18.5. The van der Waals surface area contributed by atoms with E-state index < -0.39 is 40.6 Å². The van der Waals surface area contributed by atoms with Gasteiger partial charge in [-0.1, -0.05) is 27.4 Å². The van der Waals surface area contributed by atoms with Gasteiger partial charge in [0.25, 0.3) is 0 Å². The number of hydrogen-bond donors (Lipinski definition) is 1. The number of furan rings is 1. The van der Waals surface area contributed by atoms with Crippen molar-refractivity contribution in [3.05, 3.63) is 30.2 Å². The van der Waals surface area contributed by atoms with E-state index in [9.17, 15) is 14.7 Å². The second kappa shape index (κ2) is 6.71. The Kier molecular flexibility index (Phi) is 4.73. The standard InChI is InChI=1S/C24H32O6/c1-13-16-7-9-24(27)22(4,5)20(29-14(2)25)12-21(30-15(3)26)23(24,6)18(16)11-19-17(13)8-10-28-19/h8,10,16,18,20-21,27H,1,7,9,11-12H2,2-6H3/t16-,18-,20+,21-,23-,24+/m0/s1. The molecule has 0 radical (unpaired) electrons. The minimum atomic E-state index is -1.20. The van der Waals surface area contributed by atoms with Crippen molar-refractivity contribution >= 4 is 17.5 Å². The van der Waals surface area contributed by atoms with E-state index in [1.54, 1.807) is 6.26 Å². The van der Waals surface area contributed by atoms with Gasteiger partial charge in [-0.2, -0.15) is 0 Å². The van der Waals surface area contributed by atoms with Crippen molar-refractivity contribution in [3.63, 3.8) is 0 Å². The van der Waals surface area contributed by atoms with Crippen LogP contribution < -0.4 is 0 Å². The number of hydrogen-bond acceptors (Lipinski definition) is 6. The summed E-state index contributed by atoms with van der Waals surface area (Å²) < 4.78 is 17.2. The van der Waals surface area contributed by atoms with Crippen LogP contribution in [0.15, 0.2) is 23.3 Å². The van der Waals surface area contributed by atoms with Gasteiger partial charge in [0, 0.05) is 43.1 Å². The normalized spacial score (nSPS) is 39.3. The van der Waals surface area contributed by atoms with Crippen LogP contribution in [0.4, 0.5) is 0 Å². The number of fused-ring (bicyclic) bond motifs is 4. The van der Waals surface area contributed by atoms with Gasteiger partial charge in [0.2, 0.25) is 0 Å². The molecule has 1 N–H and O–H groups in total. The second-order valence-electron chi connectivity index (χ2n) is 10.0. The number of esters is 2. The molecular formula is C24H32O6. The maximum absolute atomic E-state index is 12.3. The molecule has 6 nitrogen and oxygen atoms in total. The fourth-order valence-electron chi connectivity index (χ4n) is 6.80. The summed E-state index contributed by atoms with van der Waals surface area (Å²) in [5, 5.41) is 12.3. The highest BCUT2D eigenvalue weighted by atomic mass is 16.6. The van der Waals surface area contributed by atoms with Crippen molar-refractivity contribution in [2.24, 2.45) is 22.7 Å². The van der Waals surface area contributed by atoms with Crippen molar-refractivity contribution in [2.75, 3.05) is 0 Å². The minimum Gasteiger partial charge on any atom is -0.469 e. The highest BCUT2D eigenvalue weighted by molar-refractivity contribution is 5.70. The molecule has 0 spiro atoms. The molecule has 0 aliphatic heterocycles. The summed E-state index contributed by atoms with van der Waals surface area (Å²) >= 11 is 0. The molecule has 1 aromatic heterocycles. The Hall–Kier alpha value is -2.08. The van der Waals surface area contributed by atoms with E-state index in [2.05, 4.69) is 6.58 Å². The van der Waals surface area contributed by atoms with Crippen LogP contribution in [-0.2, 0) is 25.5 Å². The van der Waals surface area contributed by atoms with Crippen LogP contribution in [-0.4, -0.2) is 34.9 Å². The van der Waals surface area contributed by atoms with Gasteiger partial charge in [-0.05, 0) is 36.3 Å². The molecule has 6 atom stereocenters. The molecule has 0 amide bonds. The first-order valence-corrected chi connectivity index (χ1v) is 10.8. The Bertz CT molecular complexity index is 897. The summed E-state index contributed by atoms with van der Waals surface area (Å²) in [5.41, 5.74) is -0.596. The predicted molar refractivity (Wildman–Crippen MR) is 110 cm³/mol. The zero-order valence-corrected chi connectivity index (χ0v) is 18.5. The van der Waals surface area contributed by atoms with E-state index in [1.807, 2.05) is 26.8 Å². The van der Waals surface area contributed by atoms with E-state index in [4.69, 9.17) is 13.9 Å². The molecule has 2 saturated carbocycles. The van der Waals surface area contributed by atoms with Gasteiger partial charge in [-0.3, -0.25) is 9.59 Å². The predicted octanol–water partition coefficient (Wildman–Crippen LogP) is 3.91. The lowest BCUT2D eigenvalue weighted by molar-refractivity contribution is -0.300. The highest BCUT2D eigenvalue weighted by Crippen LogP contribution is 2.67. The number of rotatable bonds is 2. The number of aliphatic hydroxyl groups is 1. The highest BCUT2D eigenvalue weighted by Gasteiger charge is 2.72. The number of carbonyl (C=O) groups excluding carboxylic acids is 2. The van der Waals surface area contributed by atoms with Crippen LogP contribution >= 0.6 is 0 Å². The monoisotopic (exact) mass is 416 g/mol. The van der Waals surface area contributed by atoms with Gasteiger partial charge in [-0.25, -0.2) is 0 Å². The second-order valence-corrected chi connectivity index (χ2v) is 10.0. The van der Waals surface area contributed by atoms with Crippen LogP contribution in [0.25, 0.3) is 5.57 Å². The lowest BCUT2D eigenvalue weighted by Crippen LogP contribution is -2.74. The average molecular weight is 417 g/mol. The largest absolute Gasteiger partial charge is 0.469 e. The molecule has 3 aliphatic carbocycles. The lowest BCUT2D eigenvalue weighted by Gasteiger charge is -2.68. The van der Waals surface area contributed by atoms with Crippen molar-refractivity contribution in [1.82, 2.24) is 0 Å². The van der Waals surface area contributed by atoms with E-state index in [0.717, 1.165) is 23.3 Å². The zero-order chi connectivity index (χ0) is 22.1. The Morgan fingerprint density at radius 3 is 2.43 bits per heavy atom. The first kappa shape index (κ1) is 21.2. The SMILES string of the molecule is C=C1c2ccoc2C[C@H]2[C@H]1CC[C@@]1(O)C(C)(C)[C@H](OC(C)=O)C[C@H](OC(C)=O)[C@]21C. The van der Waals surface area contributed by atoms with Crippen LogP contribution in [0, 0.1) is 22.7 Å². The van der Waals surface area contributed by atoms with Gasteiger partial charge in [0.15, 0.2) is 0 Å². The molecule has 0 unspecified atom stereocenters. The van der Waals surface area contributed by atoms with E-state index in [-0.39, 0.29) is 11.8 Å². The molecule has 30 heavy (non-hydrogen) atoms. The van der Waals surface area contributed by atoms with Gasteiger partial charge < -0.3 is 19.0 Å². The average Bonchev–Trinajstić information content (AvgIpc) is 3.11. The van der Waals surface area contributed by atoms with Crippen LogP contribution in [0.2, 0.25) is 0 Å². The molecule has 0 aromatic carbocycles. The van der Waals surface area contributed by atoms with Gasteiger partial charge in [0.05, 0.1) is 11.9 Å². The Labute approximate surface area is 177 Å². The third-order valence-electron chi connectivity index (χ3n) is 8.49. The van der Waals surface area contributed by atoms with Gasteiger partial charge >= 0.3 is 11.9 Å². The van der Waals surface area contributed by atoms with E-state index in [1.165, 1.54) is 13.8 Å². The molecule has 1 heterocycles. The van der Waals surface area contributed by atoms with Crippen molar-refractivity contribution in [2.45, 2.75) is 78.1 Å². The number of ether oxygens (including phenoxy) is 2. The first-order chi connectivity index (χ1) is 13.9. The fraction of sp³-hybridized carbons (Fsp3) is 0.667. The summed E-state index contributed by atoms with van der Waals surface area (Å²) in [6.07, 6.45) is 2.83. The molecule has 1 aromatic rings. The lowest BCUT2D eigenvalue weighted by atomic mass is 9.40. The maximum Gasteiger partial charge on any atom is 0.302 e. The molecule has 164 valence electrons. The Morgan fingerprint density at radius 1 is 1.17 bits per heavy atom. The number of carbonyl (C=O) groups is 2. The summed E-state index contributed by atoms with van der Waals surface area (Å²) in [4.78, 5) is 23.9. The fourth-order valence-corrected chi connectivity index (χ4v) is 6.80. The van der Waals surface area contributed by atoms with Crippen LogP contribution in [0.5, 0.6) is 0 Å². The third kappa shape index (κ3) is 2.65. The molecule has 2 fully saturated rings. The van der Waals surface area contributed by atoms with Crippen LogP contribution in [0.3, 0.4) is 0 Å². The van der Waals surface area contributed by atoms with Gasteiger partial charge in [-0.15, -0.1) is 0 Å². The van der Waals surface area contributed by atoms with Crippen molar-refractivity contribution < 1.29 is 28.6 Å². The molecule has 6 heteroatoms. The summed E-state index contributed by atoms with van der Waals surface area (Å²) in [7, 11) is 0.